The average molecular weight is 283 g/mol. The summed E-state index contributed by atoms with van der Waals surface area (Å²) in [5.74, 6) is -0.0451. The van der Waals surface area contributed by atoms with Gasteiger partial charge in [0.05, 0.1) is 11.5 Å². The van der Waals surface area contributed by atoms with Crippen LogP contribution in [-0.2, 0) is 16.4 Å². The van der Waals surface area contributed by atoms with Crippen molar-refractivity contribution in [3.63, 3.8) is 0 Å². The Bertz CT molecular complexity index is 554. The van der Waals surface area contributed by atoms with Gasteiger partial charge >= 0.3 is 0 Å². The largest absolute Gasteiger partial charge is 0.336 e. The topological polar surface area (TPSA) is 93.4 Å². The van der Waals surface area contributed by atoms with Gasteiger partial charge in [0.25, 0.3) is 5.91 Å². The molecular formula is C12H17N3O3S. The van der Waals surface area contributed by atoms with Crippen molar-refractivity contribution in [1.82, 2.24) is 9.88 Å². The number of pyridine rings is 1. The number of rotatable bonds is 2. The van der Waals surface area contributed by atoms with Crippen LogP contribution in [0.25, 0.3) is 0 Å². The van der Waals surface area contributed by atoms with Crippen molar-refractivity contribution in [2.45, 2.75) is 13.0 Å². The minimum Gasteiger partial charge on any atom is -0.336 e. The lowest BCUT2D eigenvalue weighted by Crippen LogP contribution is -2.34. The summed E-state index contributed by atoms with van der Waals surface area (Å²) in [6, 6.07) is 3.39. The molecule has 0 bridgehead atoms. The molecule has 104 valence electrons. The van der Waals surface area contributed by atoms with Crippen molar-refractivity contribution in [1.29, 1.82) is 0 Å². The minimum atomic E-state index is -3.01. The lowest BCUT2D eigenvalue weighted by atomic mass is 10.2. The van der Waals surface area contributed by atoms with Crippen LogP contribution in [0.2, 0.25) is 0 Å². The molecule has 0 atom stereocenters. The maximum Gasteiger partial charge on any atom is 0.272 e. The highest BCUT2D eigenvalue weighted by Crippen LogP contribution is 2.09. The van der Waals surface area contributed by atoms with E-state index in [1.807, 2.05) is 0 Å². The summed E-state index contributed by atoms with van der Waals surface area (Å²) in [5.41, 5.74) is 6.65. The third-order valence-electron chi connectivity index (χ3n) is 3.12. The molecule has 1 saturated heterocycles. The summed E-state index contributed by atoms with van der Waals surface area (Å²) < 4.78 is 23.0. The van der Waals surface area contributed by atoms with Gasteiger partial charge in [-0.25, -0.2) is 8.42 Å². The molecule has 2 N–H and O–H groups in total. The van der Waals surface area contributed by atoms with Crippen molar-refractivity contribution < 1.29 is 13.2 Å². The first-order valence-corrected chi connectivity index (χ1v) is 7.99. The van der Waals surface area contributed by atoms with Gasteiger partial charge in [0.15, 0.2) is 9.84 Å². The molecule has 0 spiro atoms. The molecule has 1 aliphatic rings. The molecule has 0 aliphatic carbocycles. The van der Waals surface area contributed by atoms with Gasteiger partial charge in [-0.15, -0.1) is 0 Å². The smallest absolute Gasteiger partial charge is 0.272 e. The van der Waals surface area contributed by atoms with E-state index in [9.17, 15) is 13.2 Å². The highest BCUT2D eigenvalue weighted by atomic mass is 32.2. The first-order valence-electron chi connectivity index (χ1n) is 6.16. The molecule has 2 heterocycles. The second-order valence-electron chi connectivity index (χ2n) is 4.55. The zero-order valence-electron chi connectivity index (χ0n) is 10.6. The first-order chi connectivity index (χ1) is 9.02. The Morgan fingerprint density at radius 1 is 1.32 bits per heavy atom. The number of amides is 1. The maximum atomic E-state index is 12.2. The van der Waals surface area contributed by atoms with Crippen LogP contribution in [0.15, 0.2) is 18.3 Å². The molecule has 1 amide bonds. The van der Waals surface area contributed by atoms with Crippen LogP contribution in [0.1, 0.15) is 22.5 Å². The highest BCUT2D eigenvalue weighted by molar-refractivity contribution is 7.91. The predicted molar refractivity (Wildman–Crippen MR) is 71.3 cm³/mol. The van der Waals surface area contributed by atoms with Crippen LogP contribution in [0.3, 0.4) is 0 Å². The summed E-state index contributed by atoms with van der Waals surface area (Å²) in [6.07, 6.45) is 2.05. The molecule has 7 heteroatoms. The Hall–Kier alpha value is -1.47. The number of nitrogens with two attached hydrogens (primary N) is 1. The van der Waals surface area contributed by atoms with E-state index in [-0.39, 0.29) is 24.0 Å². The number of hydrogen-bond donors (Lipinski definition) is 1. The number of hydrogen-bond acceptors (Lipinski definition) is 5. The lowest BCUT2D eigenvalue weighted by molar-refractivity contribution is 0.0762. The molecule has 1 aromatic rings. The molecule has 0 unspecified atom stereocenters. The van der Waals surface area contributed by atoms with Crippen LogP contribution in [0.4, 0.5) is 0 Å². The Kier molecular flexibility index (Phi) is 4.16. The standard InChI is InChI=1S/C12H17N3O3S/c13-8-10-2-3-11(14-9-10)12(16)15-4-1-6-19(17,18)7-5-15/h2-3,9H,1,4-8,13H2. The molecule has 6 nitrogen and oxygen atoms in total. The van der Waals surface area contributed by atoms with Crippen LogP contribution >= 0.6 is 0 Å². The average Bonchev–Trinajstić information content (AvgIpc) is 2.59. The number of aromatic nitrogens is 1. The van der Waals surface area contributed by atoms with Gasteiger partial charge in [0, 0.05) is 25.8 Å². The first kappa shape index (κ1) is 14.0. The maximum absolute atomic E-state index is 12.2. The zero-order chi connectivity index (χ0) is 13.9. The van der Waals surface area contributed by atoms with E-state index in [0.717, 1.165) is 5.56 Å². The fourth-order valence-electron chi connectivity index (χ4n) is 1.98. The second-order valence-corrected chi connectivity index (χ2v) is 6.86. The molecule has 0 radical (unpaired) electrons. The molecular weight excluding hydrogens is 266 g/mol. The Morgan fingerprint density at radius 2 is 2.11 bits per heavy atom. The molecule has 19 heavy (non-hydrogen) atoms. The monoisotopic (exact) mass is 283 g/mol. The van der Waals surface area contributed by atoms with Crippen molar-refractivity contribution >= 4 is 15.7 Å². The normalized spacial score (nSPS) is 18.9. The minimum absolute atomic E-state index is 0.0274. The summed E-state index contributed by atoms with van der Waals surface area (Å²) in [5, 5.41) is 0. The predicted octanol–water partition coefficient (Wildman–Crippen LogP) is -0.199. The van der Waals surface area contributed by atoms with Crippen molar-refractivity contribution in [2.75, 3.05) is 24.6 Å². The van der Waals surface area contributed by atoms with E-state index in [0.29, 0.717) is 25.2 Å². The third kappa shape index (κ3) is 3.51. The van der Waals surface area contributed by atoms with E-state index < -0.39 is 9.84 Å². The second kappa shape index (κ2) is 5.66. The van der Waals surface area contributed by atoms with Crippen LogP contribution in [0, 0.1) is 0 Å². The molecule has 1 aromatic heterocycles. The Balaban J connectivity index is 2.10. The van der Waals surface area contributed by atoms with Crippen LogP contribution in [-0.4, -0.2) is 48.8 Å². The van der Waals surface area contributed by atoms with E-state index in [4.69, 9.17) is 5.73 Å². The van der Waals surface area contributed by atoms with Crippen LogP contribution in [0.5, 0.6) is 0 Å². The van der Waals surface area contributed by atoms with E-state index >= 15 is 0 Å². The SMILES string of the molecule is NCc1ccc(C(=O)N2CCCS(=O)(=O)CC2)nc1. The van der Waals surface area contributed by atoms with Crippen molar-refractivity contribution in [2.24, 2.45) is 5.73 Å². The van der Waals surface area contributed by atoms with Crippen molar-refractivity contribution in [3.8, 4) is 0 Å². The van der Waals surface area contributed by atoms with Gasteiger partial charge in [-0.3, -0.25) is 9.78 Å². The fourth-order valence-corrected chi connectivity index (χ4v) is 3.25. The van der Waals surface area contributed by atoms with Crippen LogP contribution < -0.4 is 5.73 Å². The molecule has 1 fully saturated rings. The number of carbonyl (C=O) groups is 1. The van der Waals surface area contributed by atoms with Gasteiger partial charge in [0.2, 0.25) is 0 Å². The molecule has 0 aromatic carbocycles. The summed E-state index contributed by atoms with van der Waals surface area (Å²) in [7, 11) is -3.01. The van der Waals surface area contributed by atoms with E-state index in [1.165, 1.54) is 0 Å². The number of nitrogens with zero attached hydrogens (tertiary/aromatic N) is 2. The summed E-state index contributed by atoms with van der Waals surface area (Å²) in [4.78, 5) is 17.8. The van der Waals surface area contributed by atoms with Crippen molar-refractivity contribution in [3.05, 3.63) is 29.6 Å². The van der Waals surface area contributed by atoms with E-state index in [2.05, 4.69) is 4.98 Å². The zero-order valence-corrected chi connectivity index (χ0v) is 11.4. The highest BCUT2D eigenvalue weighted by Gasteiger charge is 2.23. The van der Waals surface area contributed by atoms with Gasteiger partial charge < -0.3 is 10.6 Å². The van der Waals surface area contributed by atoms with Gasteiger partial charge in [-0.2, -0.15) is 0 Å². The van der Waals surface area contributed by atoms with E-state index in [1.54, 1.807) is 23.2 Å². The Labute approximate surface area is 112 Å². The van der Waals surface area contributed by atoms with Gasteiger partial charge in [-0.05, 0) is 18.1 Å². The molecule has 2 rings (SSSR count). The fraction of sp³-hybridized carbons (Fsp3) is 0.500. The number of carbonyl (C=O) groups excluding carboxylic acids is 1. The molecule has 1 aliphatic heterocycles. The summed E-state index contributed by atoms with van der Waals surface area (Å²) in [6.45, 7) is 1.07. The van der Waals surface area contributed by atoms with Gasteiger partial charge in [0.1, 0.15) is 5.69 Å². The number of sulfone groups is 1. The van der Waals surface area contributed by atoms with Gasteiger partial charge in [-0.1, -0.05) is 6.07 Å². The quantitative estimate of drug-likeness (QED) is 0.811. The Morgan fingerprint density at radius 3 is 2.74 bits per heavy atom. The third-order valence-corrected chi connectivity index (χ3v) is 4.84. The lowest BCUT2D eigenvalue weighted by Gasteiger charge is -2.19. The molecule has 0 saturated carbocycles. The summed E-state index contributed by atoms with van der Waals surface area (Å²) >= 11 is 0.